The molecule has 8 nitrogen and oxygen atoms in total. The van der Waals surface area contributed by atoms with E-state index in [0.29, 0.717) is 22.6 Å². The molecule has 0 saturated carbocycles. The average Bonchev–Trinajstić information content (AvgIpc) is 3.01. The molecule has 1 heterocycles. The summed E-state index contributed by atoms with van der Waals surface area (Å²) in [5.41, 5.74) is 3.24. The number of alkyl halides is 3. The maximum atomic E-state index is 13.8. The van der Waals surface area contributed by atoms with Crippen molar-refractivity contribution >= 4 is 15.7 Å². The van der Waals surface area contributed by atoms with E-state index < -0.39 is 57.0 Å². The molecule has 5 N–H and O–H groups in total. The first-order valence-electron chi connectivity index (χ1n) is 9.23. The SMILES string of the molecule is Cc1noc(C)c1-c1ccc(C(O)(CCS(=N)(=O)CC[C@H](N)C(=O)O)C(F)(F)F)cc1. The maximum absolute atomic E-state index is 13.8. The van der Waals surface area contributed by atoms with Gasteiger partial charge in [-0.05, 0) is 31.4 Å². The van der Waals surface area contributed by atoms with Gasteiger partial charge >= 0.3 is 12.1 Å². The largest absolute Gasteiger partial charge is 0.480 e. The molecule has 0 saturated heterocycles. The minimum absolute atomic E-state index is 0.325. The van der Waals surface area contributed by atoms with Crippen LogP contribution >= 0.6 is 0 Å². The summed E-state index contributed by atoms with van der Waals surface area (Å²) in [6, 6.07) is 3.64. The Hall–Kier alpha value is -2.44. The summed E-state index contributed by atoms with van der Waals surface area (Å²) >= 11 is 0. The van der Waals surface area contributed by atoms with E-state index in [4.69, 9.17) is 20.1 Å². The molecule has 2 rings (SSSR count). The van der Waals surface area contributed by atoms with E-state index >= 15 is 0 Å². The molecule has 0 fully saturated rings. The Bertz CT molecular complexity index is 1020. The molecule has 0 amide bonds. The summed E-state index contributed by atoms with van der Waals surface area (Å²) in [5, 5.41) is 23.0. The van der Waals surface area contributed by atoms with E-state index in [2.05, 4.69) is 5.16 Å². The van der Waals surface area contributed by atoms with E-state index in [1.54, 1.807) is 13.8 Å². The van der Waals surface area contributed by atoms with Crippen molar-refractivity contribution in [3.05, 3.63) is 41.3 Å². The highest BCUT2D eigenvalue weighted by Gasteiger charge is 2.54. The number of aromatic nitrogens is 1. The predicted molar refractivity (Wildman–Crippen MR) is 107 cm³/mol. The first-order chi connectivity index (χ1) is 14.2. The fraction of sp³-hybridized carbons (Fsp3) is 0.474. The van der Waals surface area contributed by atoms with Gasteiger partial charge in [0.05, 0.1) is 5.69 Å². The zero-order chi connectivity index (χ0) is 23.6. The molecule has 2 unspecified atom stereocenters. The van der Waals surface area contributed by atoms with Gasteiger partial charge < -0.3 is 20.5 Å². The van der Waals surface area contributed by atoms with Gasteiger partial charge in [0, 0.05) is 33.2 Å². The molecule has 172 valence electrons. The summed E-state index contributed by atoms with van der Waals surface area (Å²) in [7, 11) is -3.59. The van der Waals surface area contributed by atoms with Crippen LogP contribution in [-0.4, -0.2) is 49.3 Å². The Labute approximate surface area is 177 Å². The number of aliphatic hydroxyl groups is 1. The molecule has 31 heavy (non-hydrogen) atoms. The topological polar surface area (TPSA) is 150 Å². The second-order valence-electron chi connectivity index (χ2n) is 7.34. The molecule has 1 aromatic carbocycles. The van der Waals surface area contributed by atoms with E-state index in [0.717, 1.165) is 12.1 Å². The minimum Gasteiger partial charge on any atom is -0.480 e. The van der Waals surface area contributed by atoms with Crippen LogP contribution in [0.25, 0.3) is 11.1 Å². The summed E-state index contributed by atoms with van der Waals surface area (Å²) in [4.78, 5) is 10.7. The van der Waals surface area contributed by atoms with Gasteiger partial charge in [0.25, 0.3) is 0 Å². The normalized spacial score (nSPS) is 17.0. The van der Waals surface area contributed by atoms with Crippen molar-refractivity contribution < 1.29 is 36.9 Å². The molecule has 3 atom stereocenters. The lowest BCUT2D eigenvalue weighted by Gasteiger charge is -2.31. The maximum Gasteiger partial charge on any atom is 0.421 e. The van der Waals surface area contributed by atoms with Crippen molar-refractivity contribution in [1.29, 1.82) is 4.78 Å². The lowest BCUT2D eigenvalue weighted by molar-refractivity contribution is -0.267. The Morgan fingerprint density at radius 3 is 2.29 bits per heavy atom. The summed E-state index contributed by atoms with van der Waals surface area (Å²) in [5.74, 6) is -2.13. The van der Waals surface area contributed by atoms with Crippen molar-refractivity contribution in [2.24, 2.45) is 5.73 Å². The third kappa shape index (κ3) is 5.63. The van der Waals surface area contributed by atoms with Crippen LogP contribution in [0.3, 0.4) is 0 Å². The Balaban J connectivity index is 2.25. The van der Waals surface area contributed by atoms with Crippen molar-refractivity contribution in [2.75, 3.05) is 11.5 Å². The predicted octanol–water partition coefficient (Wildman–Crippen LogP) is 2.95. The van der Waals surface area contributed by atoms with Crippen LogP contribution in [-0.2, 0) is 20.1 Å². The smallest absolute Gasteiger partial charge is 0.421 e. The van der Waals surface area contributed by atoms with Crippen molar-refractivity contribution in [2.45, 2.75) is 44.5 Å². The zero-order valence-corrected chi connectivity index (χ0v) is 17.7. The molecule has 0 aliphatic carbocycles. The molecular formula is C19H24F3N3O5S. The number of rotatable bonds is 9. The van der Waals surface area contributed by atoms with E-state index in [9.17, 15) is 27.3 Å². The second kappa shape index (κ2) is 8.97. The third-order valence-electron chi connectivity index (χ3n) is 5.02. The number of carbonyl (C=O) groups is 1. The van der Waals surface area contributed by atoms with Gasteiger partial charge in [0.2, 0.25) is 0 Å². The van der Waals surface area contributed by atoms with Crippen LogP contribution in [0.2, 0.25) is 0 Å². The molecule has 0 bridgehead atoms. The van der Waals surface area contributed by atoms with Crippen LogP contribution in [0, 0.1) is 18.6 Å². The van der Waals surface area contributed by atoms with Gasteiger partial charge in [-0.25, -0.2) is 4.21 Å². The fourth-order valence-corrected chi connectivity index (χ4v) is 4.58. The van der Waals surface area contributed by atoms with E-state index in [1.807, 2.05) is 0 Å². The molecule has 12 heteroatoms. The van der Waals surface area contributed by atoms with Crippen molar-refractivity contribution in [1.82, 2.24) is 5.16 Å². The molecule has 0 radical (unpaired) electrons. The summed E-state index contributed by atoms with van der Waals surface area (Å²) in [6.45, 7) is 3.35. The van der Waals surface area contributed by atoms with Crippen LogP contribution in [0.5, 0.6) is 0 Å². The number of halogens is 3. The van der Waals surface area contributed by atoms with Gasteiger partial charge in [-0.2, -0.15) is 13.2 Å². The van der Waals surface area contributed by atoms with E-state index in [1.165, 1.54) is 12.1 Å². The Morgan fingerprint density at radius 2 is 1.84 bits per heavy atom. The van der Waals surface area contributed by atoms with Crippen LogP contribution in [0.15, 0.2) is 28.8 Å². The van der Waals surface area contributed by atoms with Crippen molar-refractivity contribution in [3.63, 3.8) is 0 Å². The van der Waals surface area contributed by atoms with Crippen LogP contribution < -0.4 is 5.73 Å². The molecule has 0 aliphatic heterocycles. The van der Waals surface area contributed by atoms with Crippen molar-refractivity contribution in [3.8, 4) is 11.1 Å². The van der Waals surface area contributed by atoms with Crippen LogP contribution in [0.4, 0.5) is 13.2 Å². The Morgan fingerprint density at radius 1 is 1.26 bits per heavy atom. The number of benzene rings is 1. The monoisotopic (exact) mass is 463 g/mol. The number of nitrogens with zero attached hydrogens (tertiary/aromatic N) is 1. The average molecular weight is 463 g/mol. The molecule has 0 aliphatic rings. The minimum atomic E-state index is -5.09. The van der Waals surface area contributed by atoms with Gasteiger partial charge in [-0.3, -0.25) is 9.57 Å². The number of nitrogens with two attached hydrogens (primary N) is 1. The van der Waals surface area contributed by atoms with Gasteiger partial charge in [0.15, 0.2) is 5.60 Å². The molecule has 2 aromatic rings. The highest BCUT2D eigenvalue weighted by molar-refractivity contribution is 7.92. The lowest BCUT2D eigenvalue weighted by atomic mass is 9.89. The first-order valence-corrected chi connectivity index (χ1v) is 11.1. The standard InChI is InChI=1S/C19H24F3N3O5S/c1-11-16(12(2)30-25-11)13-3-5-14(6-4-13)18(28,19(20,21)22)8-10-31(24,29)9-7-15(23)17(26)27/h3-6,15,24,28H,7-10,23H2,1-2H3,(H,26,27)/t15-,18?,31?/m0/s1. The highest BCUT2D eigenvalue weighted by Crippen LogP contribution is 2.42. The first kappa shape index (κ1) is 24.8. The van der Waals surface area contributed by atoms with E-state index in [-0.39, 0.29) is 6.42 Å². The Kier molecular flexibility index (Phi) is 7.18. The quantitative estimate of drug-likeness (QED) is 0.446. The molecular weight excluding hydrogens is 439 g/mol. The van der Waals surface area contributed by atoms with Crippen LogP contribution in [0.1, 0.15) is 29.9 Å². The molecule has 1 aromatic heterocycles. The van der Waals surface area contributed by atoms with Gasteiger partial charge in [-0.1, -0.05) is 29.4 Å². The zero-order valence-electron chi connectivity index (χ0n) is 16.9. The number of nitrogens with one attached hydrogen (secondary N) is 1. The second-order valence-corrected chi connectivity index (χ2v) is 9.78. The summed E-state index contributed by atoms with van der Waals surface area (Å²) in [6.07, 6.45) is -6.44. The number of aliphatic carboxylic acids is 1. The number of hydrogen-bond acceptors (Lipinski definition) is 7. The van der Waals surface area contributed by atoms with Gasteiger partial charge in [-0.15, -0.1) is 0 Å². The van der Waals surface area contributed by atoms with Gasteiger partial charge in [0.1, 0.15) is 11.8 Å². The number of carboxylic acid groups (broad SMARTS) is 1. The third-order valence-corrected chi connectivity index (χ3v) is 6.78. The molecule has 0 spiro atoms. The summed E-state index contributed by atoms with van der Waals surface area (Å²) < 4.78 is 66.4. The lowest BCUT2D eigenvalue weighted by Crippen LogP contribution is -2.44. The number of hydrogen-bond donors (Lipinski definition) is 4. The number of carboxylic acids is 1. The fourth-order valence-electron chi connectivity index (χ4n) is 3.11. The highest BCUT2D eigenvalue weighted by atomic mass is 32.2. The number of aryl methyl sites for hydroxylation is 2.